The van der Waals surface area contributed by atoms with Crippen molar-refractivity contribution in [2.75, 3.05) is 13.2 Å². The van der Waals surface area contributed by atoms with E-state index >= 15 is 0 Å². The number of H-pyrrole nitrogens is 1. The van der Waals surface area contributed by atoms with E-state index in [1.807, 2.05) is 6.92 Å². The fraction of sp³-hybridized carbons (Fsp3) is 0.600. The summed E-state index contributed by atoms with van der Waals surface area (Å²) in [7, 11) is 0. The van der Waals surface area contributed by atoms with Crippen LogP contribution in [0.15, 0.2) is 12.4 Å². The van der Waals surface area contributed by atoms with Gasteiger partial charge in [0, 0.05) is 25.4 Å². The molecule has 1 rings (SSSR count). The van der Waals surface area contributed by atoms with Crippen molar-refractivity contribution in [1.82, 2.24) is 15.3 Å². The van der Waals surface area contributed by atoms with Gasteiger partial charge >= 0.3 is 0 Å². The maximum Gasteiger partial charge on any atom is 0.222 e. The van der Waals surface area contributed by atoms with Crippen LogP contribution < -0.4 is 5.32 Å². The largest absolute Gasteiger partial charge is 0.381 e. The molecule has 5 nitrogen and oxygen atoms in total. The van der Waals surface area contributed by atoms with E-state index in [0.29, 0.717) is 26.2 Å². The Hall–Kier alpha value is -1.36. The van der Waals surface area contributed by atoms with Gasteiger partial charge < -0.3 is 15.0 Å². The Kier molecular flexibility index (Phi) is 5.47. The van der Waals surface area contributed by atoms with Gasteiger partial charge in [-0.3, -0.25) is 4.79 Å². The first-order valence-corrected chi connectivity index (χ1v) is 5.15. The Balaban J connectivity index is 2.04. The molecule has 0 atom stereocenters. The molecule has 1 amide bonds. The van der Waals surface area contributed by atoms with E-state index in [9.17, 15) is 4.79 Å². The van der Waals surface area contributed by atoms with E-state index in [2.05, 4.69) is 15.3 Å². The average Bonchev–Trinajstić information content (AvgIpc) is 2.74. The van der Waals surface area contributed by atoms with E-state index in [0.717, 1.165) is 12.2 Å². The van der Waals surface area contributed by atoms with Gasteiger partial charge in [0.2, 0.25) is 5.91 Å². The Labute approximate surface area is 89.2 Å². The summed E-state index contributed by atoms with van der Waals surface area (Å²) in [5.74, 6) is 0.750. The molecule has 0 aliphatic rings. The smallest absolute Gasteiger partial charge is 0.222 e. The molecule has 0 fully saturated rings. The highest BCUT2D eigenvalue weighted by molar-refractivity contribution is 5.75. The van der Waals surface area contributed by atoms with E-state index < -0.39 is 0 Å². The molecule has 1 heterocycles. The lowest BCUT2D eigenvalue weighted by atomic mass is 10.4. The zero-order chi connectivity index (χ0) is 10.9. The van der Waals surface area contributed by atoms with Crippen molar-refractivity contribution >= 4 is 5.91 Å². The predicted molar refractivity (Wildman–Crippen MR) is 56.2 cm³/mol. The van der Waals surface area contributed by atoms with Crippen LogP contribution in [0.3, 0.4) is 0 Å². The predicted octanol–water partition coefficient (Wildman–Crippen LogP) is 0.843. The summed E-state index contributed by atoms with van der Waals surface area (Å²) in [6.07, 6.45) is 4.77. The number of hydrogen-bond acceptors (Lipinski definition) is 3. The van der Waals surface area contributed by atoms with Crippen molar-refractivity contribution in [3.05, 3.63) is 18.2 Å². The third-order valence-corrected chi connectivity index (χ3v) is 1.83. The molecular formula is C10H17N3O2. The lowest BCUT2D eigenvalue weighted by Crippen LogP contribution is -2.24. The number of aromatic nitrogens is 2. The maximum absolute atomic E-state index is 11.3. The van der Waals surface area contributed by atoms with Crippen molar-refractivity contribution in [3.63, 3.8) is 0 Å². The number of nitrogens with one attached hydrogen (secondary N) is 2. The number of amides is 1. The first kappa shape index (κ1) is 11.7. The molecule has 0 saturated carbocycles. The van der Waals surface area contributed by atoms with Crippen LogP contribution in [0.4, 0.5) is 0 Å². The van der Waals surface area contributed by atoms with Crippen LogP contribution in [0.1, 0.15) is 25.6 Å². The Morgan fingerprint density at radius 3 is 3.13 bits per heavy atom. The molecule has 5 heteroatoms. The van der Waals surface area contributed by atoms with Gasteiger partial charge in [0.1, 0.15) is 5.82 Å². The van der Waals surface area contributed by atoms with Crippen LogP contribution in [0.25, 0.3) is 0 Å². The summed E-state index contributed by atoms with van der Waals surface area (Å²) in [5.41, 5.74) is 0. The molecule has 2 N–H and O–H groups in total. The van der Waals surface area contributed by atoms with Crippen LogP contribution in [-0.4, -0.2) is 29.1 Å². The lowest BCUT2D eigenvalue weighted by molar-refractivity contribution is -0.122. The number of hydrogen-bond donors (Lipinski definition) is 2. The summed E-state index contributed by atoms with van der Waals surface area (Å²) in [6.45, 7) is 3.68. The minimum Gasteiger partial charge on any atom is -0.381 e. The number of imidazole rings is 1. The Bertz CT molecular complexity index is 272. The molecule has 1 aromatic heterocycles. The molecule has 1 aromatic rings. The molecule has 0 aliphatic carbocycles. The van der Waals surface area contributed by atoms with Gasteiger partial charge in [0.05, 0.1) is 13.2 Å². The monoisotopic (exact) mass is 211 g/mol. The zero-order valence-corrected chi connectivity index (χ0v) is 8.95. The maximum atomic E-state index is 11.3. The van der Waals surface area contributed by atoms with Crippen molar-refractivity contribution in [2.45, 2.75) is 26.3 Å². The molecule has 0 unspecified atom stereocenters. The third kappa shape index (κ3) is 5.17. The standard InChI is InChI=1S/C10H17N3O2/c1-2-6-15-7-3-10(14)13-8-9-11-4-5-12-9/h4-5H,2-3,6-8H2,1H3,(H,11,12)(H,13,14). The van der Waals surface area contributed by atoms with Crippen LogP contribution in [-0.2, 0) is 16.1 Å². The second kappa shape index (κ2) is 7.00. The second-order valence-corrected chi connectivity index (χ2v) is 3.17. The number of nitrogens with zero attached hydrogens (tertiary/aromatic N) is 1. The first-order valence-electron chi connectivity index (χ1n) is 5.15. The molecule has 0 aromatic carbocycles. The first-order chi connectivity index (χ1) is 7.33. The third-order valence-electron chi connectivity index (χ3n) is 1.83. The van der Waals surface area contributed by atoms with E-state index in [-0.39, 0.29) is 5.91 Å². The molecule has 0 spiro atoms. The highest BCUT2D eigenvalue weighted by Gasteiger charge is 2.01. The summed E-state index contributed by atoms with van der Waals surface area (Å²) < 4.78 is 5.21. The molecule has 0 saturated heterocycles. The van der Waals surface area contributed by atoms with Gasteiger partial charge in [-0.25, -0.2) is 4.98 Å². The number of aromatic amines is 1. The van der Waals surface area contributed by atoms with E-state index in [1.165, 1.54) is 0 Å². The minimum absolute atomic E-state index is 0.0116. The zero-order valence-electron chi connectivity index (χ0n) is 8.95. The van der Waals surface area contributed by atoms with Gasteiger partial charge in [0.15, 0.2) is 0 Å². The number of carbonyl (C=O) groups is 1. The van der Waals surface area contributed by atoms with Crippen molar-refractivity contribution in [1.29, 1.82) is 0 Å². The number of carbonyl (C=O) groups excluding carboxylic acids is 1. The van der Waals surface area contributed by atoms with Gasteiger partial charge in [-0.2, -0.15) is 0 Å². The topological polar surface area (TPSA) is 67.0 Å². The molecule has 0 radical (unpaired) electrons. The SMILES string of the molecule is CCCOCCC(=O)NCc1ncc[nH]1. The van der Waals surface area contributed by atoms with Gasteiger partial charge in [-0.1, -0.05) is 6.92 Å². The highest BCUT2D eigenvalue weighted by Crippen LogP contribution is 1.89. The highest BCUT2D eigenvalue weighted by atomic mass is 16.5. The Morgan fingerprint density at radius 1 is 1.60 bits per heavy atom. The molecule has 0 bridgehead atoms. The van der Waals surface area contributed by atoms with Crippen LogP contribution in [0.5, 0.6) is 0 Å². The Morgan fingerprint density at radius 2 is 2.47 bits per heavy atom. The van der Waals surface area contributed by atoms with Crippen LogP contribution >= 0.6 is 0 Å². The van der Waals surface area contributed by atoms with Crippen molar-refractivity contribution in [2.24, 2.45) is 0 Å². The fourth-order valence-corrected chi connectivity index (χ4v) is 1.08. The molecule has 84 valence electrons. The van der Waals surface area contributed by atoms with Crippen LogP contribution in [0.2, 0.25) is 0 Å². The van der Waals surface area contributed by atoms with Crippen LogP contribution in [0, 0.1) is 0 Å². The second-order valence-electron chi connectivity index (χ2n) is 3.17. The molecule has 0 aliphatic heterocycles. The summed E-state index contributed by atoms with van der Waals surface area (Å²) in [4.78, 5) is 18.2. The van der Waals surface area contributed by atoms with E-state index in [4.69, 9.17) is 4.74 Å². The van der Waals surface area contributed by atoms with Gasteiger partial charge in [-0.15, -0.1) is 0 Å². The molecular weight excluding hydrogens is 194 g/mol. The van der Waals surface area contributed by atoms with Gasteiger partial charge in [0.25, 0.3) is 0 Å². The summed E-state index contributed by atoms with van der Waals surface area (Å²) in [6, 6.07) is 0. The van der Waals surface area contributed by atoms with E-state index in [1.54, 1.807) is 12.4 Å². The van der Waals surface area contributed by atoms with Crippen molar-refractivity contribution in [3.8, 4) is 0 Å². The lowest BCUT2D eigenvalue weighted by Gasteiger charge is -2.03. The normalized spacial score (nSPS) is 10.2. The number of ether oxygens (including phenoxy) is 1. The fourth-order valence-electron chi connectivity index (χ4n) is 1.08. The summed E-state index contributed by atoms with van der Waals surface area (Å²) in [5, 5.41) is 2.75. The van der Waals surface area contributed by atoms with Crippen molar-refractivity contribution < 1.29 is 9.53 Å². The molecule has 15 heavy (non-hydrogen) atoms. The summed E-state index contributed by atoms with van der Waals surface area (Å²) >= 11 is 0. The quantitative estimate of drug-likeness (QED) is 0.657. The van der Waals surface area contributed by atoms with Gasteiger partial charge in [-0.05, 0) is 6.42 Å². The number of rotatable bonds is 7. The average molecular weight is 211 g/mol. The minimum atomic E-state index is -0.0116.